The number of benzene rings is 1. The molecule has 3 rings (SSSR count). The maximum Gasteiger partial charge on any atom is 0.250 e. The van der Waals surface area contributed by atoms with Crippen LogP contribution in [0.1, 0.15) is 5.69 Å². The number of rotatable bonds is 6. The van der Waals surface area contributed by atoms with Gasteiger partial charge in [-0.05, 0) is 36.4 Å². The fraction of sp³-hybridized carbons (Fsp3) is 0.176. The van der Waals surface area contributed by atoms with Crippen LogP contribution in [0.25, 0.3) is 5.65 Å². The van der Waals surface area contributed by atoms with Crippen LogP contribution < -0.4 is 10.6 Å². The Kier molecular flexibility index (Phi) is 4.54. The van der Waals surface area contributed by atoms with Crippen LogP contribution in [0, 0.1) is 0 Å². The molecule has 1 amide bonds. The summed E-state index contributed by atoms with van der Waals surface area (Å²) >= 11 is 0. The molecular weight excluding hydrogens is 292 g/mol. The molecule has 0 fully saturated rings. The van der Waals surface area contributed by atoms with Gasteiger partial charge in [-0.2, -0.15) is 0 Å². The second kappa shape index (κ2) is 6.93. The van der Waals surface area contributed by atoms with Crippen LogP contribution in [0.4, 0.5) is 11.4 Å². The van der Waals surface area contributed by atoms with Gasteiger partial charge in [0.25, 0.3) is 0 Å². The van der Waals surface area contributed by atoms with Gasteiger partial charge in [-0.25, -0.2) is 4.98 Å². The van der Waals surface area contributed by atoms with E-state index in [0.717, 1.165) is 22.7 Å². The van der Waals surface area contributed by atoms with Gasteiger partial charge in [-0.15, -0.1) is 0 Å². The highest BCUT2D eigenvalue weighted by Crippen LogP contribution is 2.15. The number of amides is 1. The van der Waals surface area contributed by atoms with Gasteiger partial charge in [0.15, 0.2) is 0 Å². The van der Waals surface area contributed by atoms with E-state index in [1.165, 1.54) is 7.11 Å². The summed E-state index contributed by atoms with van der Waals surface area (Å²) in [6.45, 7) is 0.717. The van der Waals surface area contributed by atoms with E-state index in [-0.39, 0.29) is 12.5 Å². The van der Waals surface area contributed by atoms with Gasteiger partial charge in [-0.3, -0.25) is 4.79 Å². The number of anilines is 2. The molecule has 118 valence electrons. The van der Waals surface area contributed by atoms with Crippen LogP contribution in [-0.2, 0) is 16.1 Å². The first-order valence-electron chi connectivity index (χ1n) is 7.30. The van der Waals surface area contributed by atoms with Crippen molar-refractivity contribution in [2.45, 2.75) is 6.54 Å². The Labute approximate surface area is 134 Å². The molecule has 6 heteroatoms. The number of carbonyl (C=O) groups excluding carboxylic acids is 1. The van der Waals surface area contributed by atoms with Crippen molar-refractivity contribution in [1.29, 1.82) is 0 Å². The SMILES string of the molecule is COCC(=O)Nc1ccc(NCc2cnc3ccccn23)cc1. The van der Waals surface area contributed by atoms with Gasteiger partial charge in [0.1, 0.15) is 12.3 Å². The Morgan fingerprint density at radius 3 is 2.74 bits per heavy atom. The number of methoxy groups -OCH3 is 1. The first-order chi connectivity index (χ1) is 11.3. The fourth-order valence-corrected chi connectivity index (χ4v) is 2.31. The van der Waals surface area contributed by atoms with Crippen molar-refractivity contribution in [3.8, 4) is 0 Å². The van der Waals surface area contributed by atoms with Crippen LogP contribution in [-0.4, -0.2) is 29.0 Å². The molecule has 2 heterocycles. The quantitative estimate of drug-likeness (QED) is 0.734. The van der Waals surface area contributed by atoms with Crippen molar-refractivity contribution in [3.63, 3.8) is 0 Å². The molecule has 0 bridgehead atoms. The summed E-state index contributed by atoms with van der Waals surface area (Å²) in [6.07, 6.45) is 3.86. The zero-order chi connectivity index (χ0) is 16.1. The second-order valence-corrected chi connectivity index (χ2v) is 5.09. The van der Waals surface area contributed by atoms with Gasteiger partial charge in [-0.1, -0.05) is 6.07 Å². The zero-order valence-corrected chi connectivity index (χ0v) is 12.8. The third-order valence-corrected chi connectivity index (χ3v) is 3.41. The Bertz CT molecular complexity index is 796. The van der Waals surface area contributed by atoms with Crippen molar-refractivity contribution < 1.29 is 9.53 Å². The molecular formula is C17H18N4O2. The molecule has 6 nitrogen and oxygen atoms in total. The summed E-state index contributed by atoms with van der Waals surface area (Å²) in [7, 11) is 1.49. The minimum absolute atomic E-state index is 0.0499. The van der Waals surface area contributed by atoms with Gasteiger partial charge in [0.2, 0.25) is 5.91 Å². The average Bonchev–Trinajstić information content (AvgIpc) is 2.98. The first-order valence-corrected chi connectivity index (χ1v) is 7.30. The van der Waals surface area contributed by atoms with Crippen LogP contribution >= 0.6 is 0 Å². The molecule has 0 radical (unpaired) electrons. The third kappa shape index (κ3) is 3.67. The molecule has 1 aromatic carbocycles. The van der Waals surface area contributed by atoms with E-state index in [9.17, 15) is 4.79 Å². The number of imidazole rings is 1. The second-order valence-electron chi connectivity index (χ2n) is 5.09. The molecule has 0 spiro atoms. The molecule has 0 atom stereocenters. The summed E-state index contributed by atoms with van der Waals surface area (Å²) in [5.41, 5.74) is 3.73. The number of ether oxygens (including phenoxy) is 1. The molecule has 3 aromatic rings. The van der Waals surface area contributed by atoms with Gasteiger partial charge < -0.3 is 19.8 Å². The van der Waals surface area contributed by atoms with Crippen molar-refractivity contribution in [2.24, 2.45) is 0 Å². The summed E-state index contributed by atoms with van der Waals surface area (Å²) in [4.78, 5) is 15.8. The van der Waals surface area contributed by atoms with Crippen molar-refractivity contribution in [2.75, 3.05) is 24.4 Å². The molecule has 0 aliphatic carbocycles. The number of carbonyl (C=O) groups is 1. The Balaban J connectivity index is 1.61. The highest BCUT2D eigenvalue weighted by Gasteiger charge is 2.03. The minimum Gasteiger partial charge on any atom is -0.379 e. The molecule has 2 N–H and O–H groups in total. The Hall–Kier alpha value is -2.86. The van der Waals surface area contributed by atoms with Crippen molar-refractivity contribution in [3.05, 3.63) is 60.6 Å². The predicted molar refractivity (Wildman–Crippen MR) is 89.5 cm³/mol. The van der Waals surface area contributed by atoms with Crippen LogP contribution in [0.15, 0.2) is 54.9 Å². The van der Waals surface area contributed by atoms with Crippen molar-refractivity contribution >= 4 is 22.9 Å². The summed E-state index contributed by atoms with van der Waals surface area (Å²) < 4.78 is 6.83. The number of aromatic nitrogens is 2. The molecule has 0 saturated heterocycles. The topological polar surface area (TPSA) is 67.7 Å². The maximum atomic E-state index is 11.4. The standard InChI is InChI=1S/C17H18N4O2/c1-23-12-17(22)20-14-7-5-13(6-8-14)18-10-15-11-19-16-4-2-3-9-21(15)16/h2-9,11,18H,10,12H2,1H3,(H,20,22). The van der Waals surface area contributed by atoms with Crippen molar-refractivity contribution in [1.82, 2.24) is 9.38 Å². The first kappa shape index (κ1) is 15.1. The fourth-order valence-electron chi connectivity index (χ4n) is 2.31. The zero-order valence-electron chi connectivity index (χ0n) is 12.8. The van der Waals surface area contributed by atoms with Crippen LogP contribution in [0.3, 0.4) is 0 Å². The number of hydrogen-bond donors (Lipinski definition) is 2. The molecule has 0 saturated carbocycles. The Morgan fingerprint density at radius 1 is 1.17 bits per heavy atom. The molecule has 0 aliphatic heterocycles. The number of hydrogen-bond acceptors (Lipinski definition) is 4. The predicted octanol–water partition coefficient (Wildman–Crippen LogP) is 2.53. The lowest BCUT2D eigenvalue weighted by Crippen LogP contribution is -2.16. The van der Waals surface area contributed by atoms with E-state index in [0.29, 0.717) is 6.54 Å². The van der Waals surface area contributed by atoms with E-state index in [4.69, 9.17) is 4.74 Å². The monoisotopic (exact) mass is 310 g/mol. The maximum absolute atomic E-state index is 11.4. The number of nitrogens with zero attached hydrogens (tertiary/aromatic N) is 2. The van der Waals surface area contributed by atoms with Crippen LogP contribution in [0.2, 0.25) is 0 Å². The summed E-state index contributed by atoms with van der Waals surface area (Å²) in [5.74, 6) is -0.168. The van der Waals surface area contributed by atoms with E-state index < -0.39 is 0 Å². The van der Waals surface area contributed by atoms with E-state index in [2.05, 4.69) is 15.6 Å². The lowest BCUT2D eigenvalue weighted by molar-refractivity contribution is -0.119. The molecule has 0 unspecified atom stereocenters. The normalized spacial score (nSPS) is 10.7. The lowest BCUT2D eigenvalue weighted by atomic mass is 10.2. The minimum atomic E-state index is -0.168. The lowest BCUT2D eigenvalue weighted by Gasteiger charge is -2.08. The van der Waals surface area contributed by atoms with E-state index in [1.54, 1.807) is 0 Å². The number of pyridine rings is 1. The van der Waals surface area contributed by atoms with Gasteiger partial charge in [0, 0.05) is 24.7 Å². The molecule has 23 heavy (non-hydrogen) atoms. The largest absolute Gasteiger partial charge is 0.379 e. The van der Waals surface area contributed by atoms with Gasteiger partial charge in [0.05, 0.1) is 18.4 Å². The van der Waals surface area contributed by atoms with Crippen LogP contribution in [0.5, 0.6) is 0 Å². The molecule has 0 aliphatic rings. The third-order valence-electron chi connectivity index (χ3n) is 3.41. The highest BCUT2D eigenvalue weighted by atomic mass is 16.5. The Morgan fingerprint density at radius 2 is 1.96 bits per heavy atom. The number of nitrogens with one attached hydrogen (secondary N) is 2. The van der Waals surface area contributed by atoms with E-state index >= 15 is 0 Å². The number of fused-ring (bicyclic) bond motifs is 1. The van der Waals surface area contributed by atoms with E-state index in [1.807, 2.05) is 59.3 Å². The highest BCUT2D eigenvalue weighted by molar-refractivity contribution is 5.91. The smallest absolute Gasteiger partial charge is 0.250 e. The summed E-state index contributed by atoms with van der Waals surface area (Å²) in [5, 5.41) is 6.10. The van der Waals surface area contributed by atoms with Gasteiger partial charge >= 0.3 is 0 Å². The average molecular weight is 310 g/mol. The summed E-state index contributed by atoms with van der Waals surface area (Å²) in [6, 6.07) is 13.5. The molecule has 2 aromatic heterocycles.